The van der Waals surface area contributed by atoms with Gasteiger partial charge < -0.3 is 10.4 Å². The van der Waals surface area contributed by atoms with Gasteiger partial charge in [0, 0.05) is 19.2 Å². The smallest absolute Gasteiger partial charge is 0.328 e. The van der Waals surface area contributed by atoms with Crippen molar-refractivity contribution in [2.45, 2.75) is 32.7 Å². The van der Waals surface area contributed by atoms with Crippen LogP contribution in [0.5, 0.6) is 0 Å². The summed E-state index contributed by atoms with van der Waals surface area (Å²) in [5.74, 6) is -0.305. The lowest BCUT2D eigenvalue weighted by Gasteiger charge is -2.09. The fraction of sp³-hybridized carbons (Fsp3) is 0.400. The highest BCUT2D eigenvalue weighted by Gasteiger charge is 2.01. The molecular formula is C15H21NO2. The van der Waals surface area contributed by atoms with E-state index in [1.54, 1.807) is 6.08 Å². The first kappa shape index (κ1) is 14.5. The second-order valence-corrected chi connectivity index (χ2v) is 4.42. The maximum Gasteiger partial charge on any atom is 0.328 e. The zero-order valence-electron chi connectivity index (χ0n) is 11.0. The van der Waals surface area contributed by atoms with Gasteiger partial charge in [0.15, 0.2) is 0 Å². The van der Waals surface area contributed by atoms with Crippen LogP contribution in [0, 0.1) is 0 Å². The molecular weight excluding hydrogens is 226 g/mol. The Balaban J connectivity index is 2.37. The Morgan fingerprint density at radius 3 is 2.61 bits per heavy atom. The Morgan fingerprint density at radius 2 is 2.06 bits per heavy atom. The Labute approximate surface area is 109 Å². The second-order valence-electron chi connectivity index (χ2n) is 4.42. The molecule has 1 aromatic rings. The average Bonchev–Trinajstić information content (AvgIpc) is 2.38. The molecule has 1 aromatic carbocycles. The molecule has 0 aromatic heterocycles. The molecule has 2 N–H and O–H groups in total. The number of benzene rings is 1. The standard InChI is InChI=1S/C15H21NO2/c1-3-12(2)14-8-6-13(7-9-14)11-16-10-4-5-15(17)18/h4-9,12,16H,3,10-11H2,1-2H3,(H,17,18)/b5-4+. The lowest BCUT2D eigenvalue weighted by molar-refractivity contribution is -0.131. The third-order valence-electron chi connectivity index (χ3n) is 3.01. The van der Waals surface area contributed by atoms with Crippen molar-refractivity contribution in [1.82, 2.24) is 5.32 Å². The molecule has 3 heteroatoms. The first-order valence-corrected chi connectivity index (χ1v) is 6.32. The van der Waals surface area contributed by atoms with Crippen LogP contribution in [0.25, 0.3) is 0 Å². The van der Waals surface area contributed by atoms with E-state index < -0.39 is 5.97 Å². The van der Waals surface area contributed by atoms with Gasteiger partial charge in [0.1, 0.15) is 0 Å². The molecule has 1 unspecified atom stereocenters. The molecule has 0 radical (unpaired) electrons. The number of aliphatic carboxylic acids is 1. The minimum absolute atomic E-state index is 0.569. The summed E-state index contributed by atoms with van der Waals surface area (Å²) in [5, 5.41) is 11.6. The highest BCUT2D eigenvalue weighted by Crippen LogP contribution is 2.18. The fourth-order valence-electron chi connectivity index (χ4n) is 1.66. The molecule has 18 heavy (non-hydrogen) atoms. The number of hydrogen-bond donors (Lipinski definition) is 2. The van der Waals surface area contributed by atoms with Gasteiger partial charge in [-0.15, -0.1) is 0 Å². The molecule has 98 valence electrons. The molecule has 0 heterocycles. The molecule has 1 atom stereocenters. The van der Waals surface area contributed by atoms with Gasteiger partial charge in [0.25, 0.3) is 0 Å². The van der Waals surface area contributed by atoms with Gasteiger partial charge in [-0.2, -0.15) is 0 Å². The van der Waals surface area contributed by atoms with Gasteiger partial charge in [-0.25, -0.2) is 4.79 Å². The van der Waals surface area contributed by atoms with E-state index in [1.807, 2.05) is 0 Å². The SMILES string of the molecule is CCC(C)c1ccc(CNC/C=C/C(=O)O)cc1. The molecule has 0 saturated carbocycles. The Kier molecular flexibility index (Phi) is 6.15. The minimum atomic E-state index is -0.908. The van der Waals surface area contributed by atoms with E-state index in [0.29, 0.717) is 12.5 Å². The summed E-state index contributed by atoms with van der Waals surface area (Å²) in [6.45, 7) is 5.74. The van der Waals surface area contributed by atoms with Crippen molar-refractivity contribution in [1.29, 1.82) is 0 Å². The molecule has 0 bridgehead atoms. The predicted molar refractivity (Wildman–Crippen MR) is 73.6 cm³/mol. The summed E-state index contributed by atoms with van der Waals surface area (Å²) in [4.78, 5) is 10.2. The van der Waals surface area contributed by atoms with Gasteiger partial charge in [0.2, 0.25) is 0 Å². The van der Waals surface area contributed by atoms with Crippen LogP contribution in [0.1, 0.15) is 37.3 Å². The summed E-state index contributed by atoms with van der Waals surface area (Å²) >= 11 is 0. The zero-order valence-corrected chi connectivity index (χ0v) is 11.0. The molecule has 0 amide bonds. The van der Waals surface area contributed by atoms with Crippen LogP contribution < -0.4 is 5.32 Å². The number of nitrogens with one attached hydrogen (secondary N) is 1. The Hall–Kier alpha value is -1.61. The van der Waals surface area contributed by atoms with Gasteiger partial charge in [0.05, 0.1) is 0 Å². The van der Waals surface area contributed by atoms with Crippen LogP contribution in [0.2, 0.25) is 0 Å². The topological polar surface area (TPSA) is 49.3 Å². The summed E-state index contributed by atoms with van der Waals surface area (Å²) in [6.07, 6.45) is 3.91. The number of hydrogen-bond acceptors (Lipinski definition) is 2. The van der Waals surface area contributed by atoms with E-state index in [1.165, 1.54) is 11.1 Å². The number of carboxylic acid groups (broad SMARTS) is 1. The van der Waals surface area contributed by atoms with Gasteiger partial charge in [-0.3, -0.25) is 0 Å². The van der Waals surface area contributed by atoms with Crippen molar-refractivity contribution in [3.05, 3.63) is 47.5 Å². The van der Waals surface area contributed by atoms with E-state index in [9.17, 15) is 4.79 Å². The van der Waals surface area contributed by atoms with Crippen molar-refractivity contribution in [2.24, 2.45) is 0 Å². The second kappa shape index (κ2) is 7.67. The van der Waals surface area contributed by atoms with E-state index in [-0.39, 0.29) is 0 Å². The molecule has 0 aliphatic heterocycles. The van der Waals surface area contributed by atoms with E-state index in [4.69, 9.17) is 5.11 Å². The molecule has 0 spiro atoms. The third-order valence-corrected chi connectivity index (χ3v) is 3.01. The minimum Gasteiger partial charge on any atom is -0.478 e. The van der Waals surface area contributed by atoms with Gasteiger partial charge in [-0.05, 0) is 23.5 Å². The van der Waals surface area contributed by atoms with Crippen molar-refractivity contribution >= 4 is 5.97 Å². The highest BCUT2D eigenvalue weighted by atomic mass is 16.4. The molecule has 0 aliphatic rings. The van der Waals surface area contributed by atoms with Crippen LogP contribution in [0.3, 0.4) is 0 Å². The van der Waals surface area contributed by atoms with Gasteiger partial charge >= 0.3 is 5.97 Å². The number of carbonyl (C=O) groups is 1. The first-order valence-electron chi connectivity index (χ1n) is 6.32. The quantitative estimate of drug-likeness (QED) is 0.575. The van der Waals surface area contributed by atoms with Crippen molar-refractivity contribution in [2.75, 3.05) is 6.54 Å². The average molecular weight is 247 g/mol. The third kappa shape index (κ3) is 5.15. The molecule has 0 saturated heterocycles. The van der Waals surface area contributed by atoms with E-state index >= 15 is 0 Å². The van der Waals surface area contributed by atoms with E-state index in [0.717, 1.165) is 19.0 Å². The highest BCUT2D eigenvalue weighted by molar-refractivity contribution is 5.79. The Bertz CT molecular complexity index is 395. The zero-order chi connectivity index (χ0) is 13.4. The molecule has 3 nitrogen and oxygen atoms in total. The van der Waals surface area contributed by atoms with Crippen molar-refractivity contribution in [3.63, 3.8) is 0 Å². The summed E-state index contributed by atoms with van der Waals surface area (Å²) in [7, 11) is 0. The normalized spacial score (nSPS) is 12.8. The summed E-state index contributed by atoms with van der Waals surface area (Å²) < 4.78 is 0. The predicted octanol–water partition coefficient (Wildman–Crippen LogP) is 2.93. The molecule has 0 fully saturated rings. The van der Waals surface area contributed by atoms with Crippen LogP contribution in [0.15, 0.2) is 36.4 Å². The summed E-state index contributed by atoms with van der Waals surface area (Å²) in [6, 6.07) is 8.57. The number of rotatable bonds is 7. The summed E-state index contributed by atoms with van der Waals surface area (Å²) in [5.41, 5.74) is 2.58. The van der Waals surface area contributed by atoms with Crippen LogP contribution in [-0.4, -0.2) is 17.6 Å². The largest absolute Gasteiger partial charge is 0.478 e. The number of carboxylic acids is 1. The van der Waals surface area contributed by atoms with Crippen molar-refractivity contribution < 1.29 is 9.90 Å². The first-order chi connectivity index (χ1) is 8.63. The van der Waals surface area contributed by atoms with Crippen LogP contribution in [0.4, 0.5) is 0 Å². The lowest BCUT2D eigenvalue weighted by atomic mass is 9.98. The maximum atomic E-state index is 10.2. The monoisotopic (exact) mass is 247 g/mol. The lowest BCUT2D eigenvalue weighted by Crippen LogP contribution is -2.13. The maximum absolute atomic E-state index is 10.2. The van der Waals surface area contributed by atoms with Crippen LogP contribution in [-0.2, 0) is 11.3 Å². The van der Waals surface area contributed by atoms with Crippen LogP contribution >= 0.6 is 0 Å². The molecule has 1 rings (SSSR count). The fourth-order valence-corrected chi connectivity index (χ4v) is 1.66. The van der Waals surface area contributed by atoms with Gasteiger partial charge in [-0.1, -0.05) is 44.2 Å². The molecule has 0 aliphatic carbocycles. The van der Waals surface area contributed by atoms with E-state index in [2.05, 4.69) is 43.4 Å². The Morgan fingerprint density at radius 1 is 1.39 bits per heavy atom. The van der Waals surface area contributed by atoms with Crippen molar-refractivity contribution in [3.8, 4) is 0 Å².